The molecule has 5 heteroatoms. The normalized spacial score (nSPS) is 23.4. The topological polar surface area (TPSA) is 53.6 Å². The number of unbranched alkanes of at least 4 members (excludes halogenated alkanes) is 1. The summed E-state index contributed by atoms with van der Waals surface area (Å²) in [7, 11) is 0. The molecule has 1 aliphatic carbocycles. The Balaban J connectivity index is 0.00000243. The molecule has 2 aliphatic rings. The molecule has 0 radical (unpaired) electrons. The van der Waals surface area contributed by atoms with Crippen LogP contribution in [0.4, 0.5) is 5.69 Å². The van der Waals surface area contributed by atoms with Gasteiger partial charge in [-0.2, -0.15) is 0 Å². The average molecular weight is 470 g/mol. The highest BCUT2D eigenvalue weighted by atomic mass is 127. The first kappa shape index (κ1) is 21.5. The number of guanidine groups is 1. The number of hydrogen-bond donors (Lipinski definition) is 2. The van der Waals surface area contributed by atoms with Crippen LogP contribution in [0.15, 0.2) is 23.2 Å². The summed E-state index contributed by atoms with van der Waals surface area (Å²) < 4.78 is 0. The van der Waals surface area contributed by atoms with Crippen molar-refractivity contribution in [2.24, 2.45) is 22.6 Å². The zero-order valence-corrected chi connectivity index (χ0v) is 18.7. The third-order valence-corrected chi connectivity index (χ3v) is 5.48. The summed E-state index contributed by atoms with van der Waals surface area (Å²) in [4.78, 5) is 7.11. The van der Waals surface area contributed by atoms with Gasteiger partial charge in [-0.15, -0.1) is 24.0 Å². The predicted molar refractivity (Wildman–Crippen MR) is 123 cm³/mol. The van der Waals surface area contributed by atoms with E-state index in [2.05, 4.69) is 47.3 Å². The second-order valence-corrected chi connectivity index (χ2v) is 8.14. The van der Waals surface area contributed by atoms with Gasteiger partial charge >= 0.3 is 0 Å². The van der Waals surface area contributed by atoms with Gasteiger partial charge in [0.2, 0.25) is 0 Å². The number of hydrogen-bond acceptors (Lipinski definition) is 2. The Kier molecular flexibility index (Phi) is 8.67. The molecule has 3 N–H and O–H groups in total. The first-order valence-electron chi connectivity index (χ1n) is 10.0. The van der Waals surface area contributed by atoms with Crippen molar-refractivity contribution in [3.63, 3.8) is 0 Å². The van der Waals surface area contributed by atoms with E-state index in [-0.39, 0.29) is 24.0 Å². The summed E-state index contributed by atoms with van der Waals surface area (Å²) in [5, 5.41) is 3.24. The average Bonchev–Trinajstić information content (AvgIpc) is 3.01. The Bertz CT molecular complexity index is 592. The van der Waals surface area contributed by atoms with Gasteiger partial charge in [0.25, 0.3) is 0 Å². The summed E-state index contributed by atoms with van der Waals surface area (Å²) in [5.41, 5.74) is 10.1. The number of piperidine rings is 1. The zero-order valence-electron chi connectivity index (χ0n) is 16.3. The first-order valence-corrected chi connectivity index (χ1v) is 10.0. The smallest absolute Gasteiger partial charge is 0.193 e. The van der Waals surface area contributed by atoms with E-state index in [1.165, 1.54) is 62.9 Å². The summed E-state index contributed by atoms with van der Waals surface area (Å²) in [6, 6.07) is 6.56. The number of fused-ring (bicyclic) bond motifs is 1. The molecule has 2 unspecified atom stereocenters. The number of benzene rings is 1. The molecular formula is C21H35IN4. The van der Waals surface area contributed by atoms with Gasteiger partial charge in [-0.05, 0) is 80.2 Å². The standard InChI is InChI=1S/C21H34N4.HI/c1-16-12-17(2)15-25(14-16)11-4-3-10-23-21(22)24-20-9-8-18-6-5-7-19(18)13-20;/h8-9,13,16-17H,3-7,10-12,14-15H2,1-2H3,(H3,22,23,24);1H. The van der Waals surface area contributed by atoms with Crippen LogP contribution in [-0.4, -0.2) is 37.0 Å². The second kappa shape index (κ2) is 10.5. The molecule has 3 rings (SSSR count). The fourth-order valence-corrected chi connectivity index (χ4v) is 4.46. The van der Waals surface area contributed by atoms with Crippen LogP contribution in [0.5, 0.6) is 0 Å². The molecule has 0 amide bonds. The number of nitrogens with two attached hydrogens (primary N) is 1. The van der Waals surface area contributed by atoms with E-state index in [9.17, 15) is 0 Å². The highest BCUT2D eigenvalue weighted by Crippen LogP contribution is 2.24. The number of anilines is 1. The molecule has 0 bridgehead atoms. The molecule has 1 aliphatic heterocycles. The van der Waals surface area contributed by atoms with E-state index in [1.807, 2.05) is 0 Å². The van der Waals surface area contributed by atoms with Crippen molar-refractivity contribution in [3.05, 3.63) is 29.3 Å². The minimum absolute atomic E-state index is 0. The number of aliphatic imine (C=N–C) groups is 1. The Hall–Kier alpha value is -0.820. The maximum absolute atomic E-state index is 6.04. The Morgan fingerprint density at radius 2 is 1.88 bits per heavy atom. The maximum atomic E-state index is 6.04. The summed E-state index contributed by atoms with van der Waals surface area (Å²) in [6.07, 6.45) is 7.37. The number of nitrogens with one attached hydrogen (secondary N) is 1. The molecule has 1 fully saturated rings. The van der Waals surface area contributed by atoms with Crippen LogP contribution >= 0.6 is 24.0 Å². The Labute approximate surface area is 176 Å². The van der Waals surface area contributed by atoms with E-state index >= 15 is 0 Å². The van der Waals surface area contributed by atoms with Gasteiger partial charge in [0.15, 0.2) is 5.96 Å². The molecule has 0 aromatic heterocycles. The lowest BCUT2D eigenvalue weighted by Gasteiger charge is -2.34. The van der Waals surface area contributed by atoms with Gasteiger partial charge in [-0.3, -0.25) is 4.99 Å². The van der Waals surface area contributed by atoms with E-state index in [0.29, 0.717) is 5.96 Å². The molecular weight excluding hydrogens is 435 g/mol. The molecule has 4 nitrogen and oxygen atoms in total. The highest BCUT2D eigenvalue weighted by Gasteiger charge is 2.20. The SMILES string of the molecule is CC1CC(C)CN(CCCCN=C(N)Nc2ccc3c(c2)CCC3)C1.I. The van der Waals surface area contributed by atoms with Crippen molar-refractivity contribution in [2.45, 2.75) is 52.4 Å². The molecule has 0 saturated carbocycles. The van der Waals surface area contributed by atoms with Gasteiger partial charge < -0.3 is 16.0 Å². The molecule has 1 saturated heterocycles. The van der Waals surface area contributed by atoms with E-state index < -0.39 is 0 Å². The molecule has 0 spiro atoms. The molecule has 2 atom stereocenters. The number of nitrogens with zero attached hydrogens (tertiary/aromatic N) is 2. The molecule has 1 aromatic rings. The Morgan fingerprint density at radius 3 is 2.65 bits per heavy atom. The van der Waals surface area contributed by atoms with E-state index in [4.69, 9.17) is 5.73 Å². The minimum Gasteiger partial charge on any atom is -0.370 e. The number of aryl methyl sites for hydroxylation is 2. The van der Waals surface area contributed by atoms with Crippen LogP contribution in [0.3, 0.4) is 0 Å². The lowest BCUT2D eigenvalue weighted by Crippen LogP contribution is -2.39. The van der Waals surface area contributed by atoms with E-state index in [1.54, 1.807) is 0 Å². The van der Waals surface area contributed by atoms with E-state index in [0.717, 1.165) is 30.5 Å². The third kappa shape index (κ3) is 6.41. The van der Waals surface area contributed by atoms with Crippen LogP contribution in [0.2, 0.25) is 0 Å². The minimum atomic E-state index is 0. The monoisotopic (exact) mass is 470 g/mol. The highest BCUT2D eigenvalue weighted by molar-refractivity contribution is 14.0. The van der Waals surface area contributed by atoms with Gasteiger partial charge in [-0.25, -0.2) is 0 Å². The molecule has 146 valence electrons. The third-order valence-electron chi connectivity index (χ3n) is 5.48. The number of rotatable bonds is 6. The van der Waals surface area contributed by atoms with Gasteiger partial charge in [0.05, 0.1) is 0 Å². The van der Waals surface area contributed by atoms with Crippen LogP contribution in [0.25, 0.3) is 0 Å². The maximum Gasteiger partial charge on any atom is 0.193 e. The second-order valence-electron chi connectivity index (χ2n) is 8.14. The molecule has 1 heterocycles. The zero-order chi connectivity index (χ0) is 17.6. The van der Waals surface area contributed by atoms with Crippen molar-refractivity contribution >= 4 is 35.6 Å². The largest absolute Gasteiger partial charge is 0.370 e. The summed E-state index contributed by atoms with van der Waals surface area (Å²) in [6.45, 7) is 9.27. The fourth-order valence-electron chi connectivity index (χ4n) is 4.46. The molecule has 1 aromatic carbocycles. The fraction of sp³-hybridized carbons (Fsp3) is 0.667. The molecule has 26 heavy (non-hydrogen) atoms. The van der Waals surface area contributed by atoms with Crippen LogP contribution < -0.4 is 11.1 Å². The van der Waals surface area contributed by atoms with Crippen LogP contribution in [0, 0.1) is 11.8 Å². The Morgan fingerprint density at radius 1 is 1.15 bits per heavy atom. The first-order chi connectivity index (χ1) is 12.1. The van der Waals surface area contributed by atoms with Crippen molar-refractivity contribution in [3.8, 4) is 0 Å². The van der Waals surface area contributed by atoms with Gasteiger partial charge in [0, 0.05) is 25.3 Å². The number of halogens is 1. The van der Waals surface area contributed by atoms with Crippen LogP contribution in [0.1, 0.15) is 50.7 Å². The van der Waals surface area contributed by atoms with Crippen molar-refractivity contribution < 1.29 is 0 Å². The van der Waals surface area contributed by atoms with Crippen molar-refractivity contribution in [1.29, 1.82) is 0 Å². The van der Waals surface area contributed by atoms with Crippen molar-refractivity contribution in [2.75, 3.05) is 31.5 Å². The lowest BCUT2D eigenvalue weighted by molar-refractivity contribution is 0.139. The number of likely N-dealkylation sites (tertiary alicyclic amines) is 1. The van der Waals surface area contributed by atoms with Gasteiger partial charge in [0.1, 0.15) is 0 Å². The van der Waals surface area contributed by atoms with Crippen LogP contribution in [-0.2, 0) is 12.8 Å². The summed E-state index contributed by atoms with van der Waals surface area (Å²) in [5.74, 6) is 2.22. The summed E-state index contributed by atoms with van der Waals surface area (Å²) >= 11 is 0. The van der Waals surface area contributed by atoms with Gasteiger partial charge in [-0.1, -0.05) is 19.9 Å². The quantitative estimate of drug-likeness (QED) is 0.283. The van der Waals surface area contributed by atoms with Crippen molar-refractivity contribution in [1.82, 2.24) is 4.90 Å². The predicted octanol–water partition coefficient (Wildman–Crippen LogP) is 4.28. The lowest BCUT2D eigenvalue weighted by atomic mass is 9.92.